The number of ether oxygens (including phenoxy) is 2. The van der Waals surface area contributed by atoms with Gasteiger partial charge in [-0.2, -0.15) is 0 Å². The van der Waals surface area contributed by atoms with E-state index in [1.165, 1.54) is 25.3 Å². The maximum Gasteiger partial charge on any atom is 0.338 e. The molecule has 0 atom stereocenters. The van der Waals surface area contributed by atoms with Crippen molar-refractivity contribution in [3.63, 3.8) is 0 Å². The van der Waals surface area contributed by atoms with Gasteiger partial charge in [-0.25, -0.2) is 9.69 Å². The SMILES string of the molecule is COc1ccc(Cl)cc1N1C(=O)C(Cl)=C(Nc2cccc(C(=O)Nc3ccc(C(=O)OC(C)C)cc3)c2)C1=O. The molecule has 0 unspecified atom stereocenters. The summed E-state index contributed by atoms with van der Waals surface area (Å²) in [5, 5.41) is 5.57. The van der Waals surface area contributed by atoms with Crippen LogP contribution in [0.5, 0.6) is 5.75 Å². The molecule has 0 radical (unpaired) electrons. The minimum absolute atomic E-state index is 0.145. The first-order valence-electron chi connectivity index (χ1n) is 11.7. The third-order valence-electron chi connectivity index (χ3n) is 5.52. The summed E-state index contributed by atoms with van der Waals surface area (Å²) in [4.78, 5) is 51.8. The van der Waals surface area contributed by atoms with Crippen LogP contribution in [0.25, 0.3) is 0 Å². The van der Waals surface area contributed by atoms with Gasteiger partial charge in [0.1, 0.15) is 16.5 Å². The highest BCUT2D eigenvalue weighted by atomic mass is 35.5. The van der Waals surface area contributed by atoms with E-state index in [-0.39, 0.29) is 33.8 Å². The average molecular weight is 568 g/mol. The van der Waals surface area contributed by atoms with Crippen LogP contribution in [0.4, 0.5) is 17.1 Å². The van der Waals surface area contributed by atoms with E-state index in [9.17, 15) is 19.2 Å². The van der Waals surface area contributed by atoms with E-state index in [0.29, 0.717) is 22.0 Å². The van der Waals surface area contributed by atoms with E-state index < -0.39 is 23.7 Å². The molecule has 0 fully saturated rings. The predicted molar refractivity (Wildman–Crippen MR) is 148 cm³/mol. The van der Waals surface area contributed by atoms with Crippen molar-refractivity contribution in [2.75, 3.05) is 22.6 Å². The highest BCUT2D eigenvalue weighted by Gasteiger charge is 2.40. The number of nitrogens with zero attached hydrogens (tertiary/aromatic N) is 1. The van der Waals surface area contributed by atoms with Gasteiger partial charge in [0.2, 0.25) is 0 Å². The summed E-state index contributed by atoms with van der Waals surface area (Å²) in [5.74, 6) is -2.09. The molecule has 0 saturated carbocycles. The number of hydrogen-bond acceptors (Lipinski definition) is 7. The smallest absolute Gasteiger partial charge is 0.338 e. The minimum Gasteiger partial charge on any atom is -0.495 e. The summed E-state index contributed by atoms with van der Waals surface area (Å²) in [6.07, 6.45) is -0.246. The number of amides is 3. The Balaban J connectivity index is 1.49. The molecule has 4 rings (SSSR count). The number of carbonyl (C=O) groups is 4. The summed E-state index contributed by atoms with van der Waals surface area (Å²) in [6, 6.07) is 17.1. The Morgan fingerprint density at radius 1 is 0.872 bits per heavy atom. The van der Waals surface area contributed by atoms with E-state index in [0.717, 1.165) is 4.90 Å². The van der Waals surface area contributed by atoms with E-state index in [2.05, 4.69) is 10.6 Å². The Bertz CT molecular complexity index is 1500. The lowest BCUT2D eigenvalue weighted by Gasteiger charge is -2.18. The maximum atomic E-state index is 13.2. The van der Waals surface area contributed by atoms with Gasteiger partial charge >= 0.3 is 5.97 Å². The molecule has 1 aliphatic heterocycles. The lowest BCUT2D eigenvalue weighted by molar-refractivity contribution is -0.120. The van der Waals surface area contributed by atoms with Crippen LogP contribution in [0.1, 0.15) is 34.6 Å². The van der Waals surface area contributed by atoms with Crippen molar-refractivity contribution in [3.8, 4) is 5.75 Å². The zero-order valence-electron chi connectivity index (χ0n) is 21.1. The molecule has 1 aliphatic rings. The van der Waals surface area contributed by atoms with Crippen molar-refractivity contribution in [1.82, 2.24) is 0 Å². The lowest BCUT2D eigenvalue weighted by Crippen LogP contribution is -2.32. The zero-order chi connectivity index (χ0) is 28.3. The number of halogens is 2. The van der Waals surface area contributed by atoms with Gasteiger partial charge in [0.15, 0.2) is 0 Å². The molecule has 39 heavy (non-hydrogen) atoms. The second-order valence-corrected chi connectivity index (χ2v) is 9.46. The Kier molecular flexibility index (Phi) is 8.23. The highest BCUT2D eigenvalue weighted by molar-refractivity contribution is 6.53. The molecule has 2 N–H and O–H groups in total. The van der Waals surface area contributed by atoms with Gasteiger partial charge < -0.3 is 20.1 Å². The third-order valence-corrected chi connectivity index (χ3v) is 6.11. The summed E-state index contributed by atoms with van der Waals surface area (Å²) in [6.45, 7) is 3.51. The number of benzene rings is 3. The predicted octanol–water partition coefficient (Wildman–Crippen LogP) is 5.60. The summed E-state index contributed by atoms with van der Waals surface area (Å²) in [7, 11) is 1.40. The van der Waals surface area contributed by atoms with E-state index >= 15 is 0 Å². The van der Waals surface area contributed by atoms with Crippen molar-refractivity contribution in [1.29, 1.82) is 0 Å². The van der Waals surface area contributed by atoms with E-state index in [4.69, 9.17) is 32.7 Å². The molecule has 0 bridgehead atoms. The summed E-state index contributed by atoms with van der Waals surface area (Å²) in [5.41, 5.74) is 1.43. The lowest BCUT2D eigenvalue weighted by atomic mass is 10.1. The number of carbonyl (C=O) groups excluding carboxylic acids is 4. The molecule has 3 amide bonds. The first-order valence-corrected chi connectivity index (χ1v) is 12.5. The van der Waals surface area contributed by atoms with Gasteiger partial charge in [-0.15, -0.1) is 0 Å². The fourth-order valence-corrected chi connectivity index (χ4v) is 4.10. The van der Waals surface area contributed by atoms with Crippen LogP contribution in [-0.4, -0.2) is 36.9 Å². The van der Waals surface area contributed by atoms with Crippen LogP contribution in [0, 0.1) is 0 Å². The van der Waals surface area contributed by atoms with Crippen molar-refractivity contribution < 1.29 is 28.7 Å². The highest BCUT2D eigenvalue weighted by Crippen LogP contribution is 2.37. The molecule has 0 aromatic heterocycles. The van der Waals surface area contributed by atoms with Gasteiger partial charge in [-0.3, -0.25) is 14.4 Å². The van der Waals surface area contributed by atoms with Crippen LogP contribution in [0.3, 0.4) is 0 Å². The van der Waals surface area contributed by atoms with Crippen LogP contribution in [0.15, 0.2) is 77.5 Å². The van der Waals surface area contributed by atoms with Crippen LogP contribution < -0.4 is 20.3 Å². The molecule has 0 aliphatic carbocycles. The van der Waals surface area contributed by atoms with Gasteiger partial charge in [-0.1, -0.05) is 29.3 Å². The summed E-state index contributed by atoms with van der Waals surface area (Å²) >= 11 is 12.3. The number of imide groups is 1. The Morgan fingerprint density at radius 2 is 1.59 bits per heavy atom. The number of rotatable bonds is 8. The van der Waals surface area contributed by atoms with Crippen LogP contribution >= 0.6 is 23.2 Å². The third kappa shape index (κ3) is 6.05. The molecular formula is C28H23Cl2N3O6. The van der Waals surface area contributed by atoms with Gasteiger partial charge in [0.05, 0.1) is 24.5 Å². The first-order chi connectivity index (χ1) is 18.6. The van der Waals surface area contributed by atoms with Gasteiger partial charge in [0.25, 0.3) is 17.7 Å². The molecule has 11 heteroatoms. The van der Waals surface area contributed by atoms with E-state index in [1.54, 1.807) is 62.4 Å². The van der Waals surface area contributed by atoms with E-state index in [1.807, 2.05) is 0 Å². The number of methoxy groups -OCH3 is 1. The number of esters is 1. The Hall–Kier alpha value is -4.34. The second kappa shape index (κ2) is 11.6. The molecule has 1 heterocycles. The van der Waals surface area contributed by atoms with Crippen molar-refractivity contribution in [3.05, 3.63) is 93.6 Å². The first kappa shape index (κ1) is 27.7. The van der Waals surface area contributed by atoms with Gasteiger partial charge in [0, 0.05) is 22.0 Å². The Labute approximate surface area is 234 Å². The van der Waals surface area contributed by atoms with Crippen LogP contribution in [0.2, 0.25) is 5.02 Å². The number of anilines is 3. The van der Waals surface area contributed by atoms with Crippen LogP contribution in [-0.2, 0) is 14.3 Å². The molecular weight excluding hydrogens is 545 g/mol. The topological polar surface area (TPSA) is 114 Å². The van der Waals surface area contributed by atoms with Crippen molar-refractivity contribution in [2.24, 2.45) is 0 Å². The summed E-state index contributed by atoms with van der Waals surface area (Å²) < 4.78 is 10.4. The minimum atomic E-state index is -0.751. The van der Waals surface area contributed by atoms with Crippen molar-refractivity contribution >= 4 is 64.0 Å². The van der Waals surface area contributed by atoms with Crippen molar-refractivity contribution in [2.45, 2.75) is 20.0 Å². The second-order valence-electron chi connectivity index (χ2n) is 8.64. The van der Waals surface area contributed by atoms with Gasteiger partial charge in [-0.05, 0) is 74.5 Å². The molecule has 200 valence electrons. The monoisotopic (exact) mass is 567 g/mol. The standard InChI is InChI=1S/C28H23Cl2N3O6/c1-15(2)39-28(37)16-7-10-19(11-8-16)32-25(34)17-5-4-6-20(13-17)31-24-23(30)26(35)33(27(24)36)21-14-18(29)9-12-22(21)38-3/h4-15,31H,1-3H3,(H,32,34). The number of nitrogens with one attached hydrogen (secondary N) is 2. The molecule has 0 spiro atoms. The molecule has 9 nitrogen and oxygen atoms in total. The zero-order valence-corrected chi connectivity index (χ0v) is 22.6. The fourth-order valence-electron chi connectivity index (χ4n) is 3.73. The quantitative estimate of drug-likeness (QED) is 0.269. The maximum absolute atomic E-state index is 13.2. The Morgan fingerprint density at radius 3 is 2.26 bits per heavy atom. The number of hydrogen-bond donors (Lipinski definition) is 2. The average Bonchev–Trinajstić information content (AvgIpc) is 3.11. The molecule has 3 aromatic rings. The molecule has 3 aromatic carbocycles. The molecule has 0 saturated heterocycles. The largest absolute Gasteiger partial charge is 0.495 e. The normalized spacial score (nSPS) is 13.1. The fraction of sp³-hybridized carbons (Fsp3) is 0.143.